The number of aliphatic hydroxyl groups is 1. The Bertz CT molecular complexity index is 563. The van der Waals surface area contributed by atoms with Crippen molar-refractivity contribution in [2.75, 3.05) is 0 Å². The Morgan fingerprint density at radius 1 is 1.39 bits per heavy atom. The molecule has 0 amide bonds. The Kier molecular flexibility index (Phi) is 3.76. The molecule has 2 aromatic rings. The highest BCUT2D eigenvalue weighted by Gasteiger charge is 2.26. The summed E-state index contributed by atoms with van der Waals surface area (Å²) < 4.78 is 13.1. The summed E-state index contributed by atoms with van der Waals surface area (Å²) in [7, 11) is 0. The van der Waals surface area contributed by atoms with Crippen LogP contribution in [0.1, 0.15) is 22.9 Å². The predicted octanol–water partition coefficient (Wildman–Crippen LogP) is 4.30. The van der Waals surface area contributed by atoms with Gasteiger partial charge in [0.2, 0.25) is 0 Å². The van der Waals surface area contributed by atoms with Gasteiger partial charge in [0.25, 0.3) is 0 Å². The van der Waals surface area contributed by atoms with Gasteiger partial charge >= 0.3 is 0 Å². The first-order chi connectivity index (χ1) is 8.40. The average Bonchev–Trinajstić information content (AvgIpc) is 2.70. The largest absolute Gasteiger partial charge is 0.384 e. The van der Waals surface area contributed by atoms with E-state index in [0.717, 1.165) is 16.0 Å². The van der Waals surface area contributed by atoms with Crippen LogP contribution in [0.5, 0.6) is 0 Å². The second-order valence-corrected chi connectivity index (χ2v) is 5.96. The molecule has 1 heterocycles. The summed E-state index contributed by atoms with van der Waals surface area (Å²) in [6.07, 6.45) is 0.411. The van der Waals surface area contributed by atoms with Gasteiger partial charge in [-0.3, -0.25) is 0 Å². The minimum atomic E-state index is -0.959. The van der Waals surface area contributed by atoms with Crippen LogP contribution in [0.3, 0.4) is 0 Å². The van der Waals surface area contributed by atoms with Crippen molar-refractivity contribution in [1.29, 1.82) is 0 Å². The molecular weight excluding hydrogens is 271 g/mol. The Labute approximate surface area is 115 Å². The van der Waals surface area contributed by atoms with Gasteiger partial charge in [-0.1, -0.05) is 17.7 Å². The van der Waals surface area contributed by atoms with Crippen molar-refractivity contribution in [1.82, 2.24) is 0 Å². The van der Waals surface area contributed by atoms with E-state index < -0.39 is 11.4 Å². The number of thiophene rings is 1. The van der Waals surface area contributed by atoms with Gasteiger partial charge < -0.3 is 5.11 Å². The van der Waals surface area contributed by atoms with E-state index in [0.29, 0.717) is 6.42 Å². The monoisotopic (exact) mass is 284 g/mol. The predicted molar refractivity (Wildman–Crippen MR) is 73.7 cm³/mol. The molecule has 96 valence electrons. The van der Waals surface area contributed by atoms with Gasteiger partial charge in [-0.25, -0.2) is 4.39 Å². The zero-order chi connectivity index (χ0) is 13.3. The molecule has 0 aliphatic heterocycles. The highest BCUT2D eigenvalue weighted by atomic mass is 35.5. The Morgan fingerprint density at radius 3 is 2.67 bits per heavy atom. The molecule has 18 heavy (non-hydrogen) atoms. The molecule has 0 saturated heterocycles. The zero-order valence-electron chi connectivity index (χ0n) is 10.2. The third kappa shape index (κ3) is 2.74. The minimum Gasteiger partial charge on any atom is -0.384 e. The molecule has 1 unspecified atom stereocenters. The van der Waals surface area contributed by atoms with Gasteiger partial charge in [-0.05, 0) is 48.6 Å². The summed E-state index contributed by atoms with van der Waals surface area (Å²) in [4.78, 5) is 0.933. The molecule has 0 aliphatic rings. The number of hydrogen-bond donors (Lipinski definition) is 1. The Hall–Kier alpha value is -0.900. The van der Waals surface area contributed by atoms with E-state index in [1.165, 1.54) is 17.4 Å². The highest BCUT2D eigenvalue weighted by Crippen LogP contribution is 2.32. The lowest BCUT2D eigenvalue weighted by Crippen LogP contribution is -2.23. The molecular formula is C14H14ClFOS. The minimum absolute atomic E-state index is 0.0891. The second kappa shape index (κ2) is 5.00. The van der Waals surface area contributed by atoms with Crippen molar-refractivity contribution in [2.24, 2.45) is 0 Å². The first kappa shape index (κ1) is 13.5. The third-order valence-corrected chi connectivity index (χ3v) is 4.44. The van der Waals surface area contributed by atoms with Crippen molar-refractivity contribution in [2.45, 2.75) is 25.9 Å². The van der Waals surface area contributed by atoms with Crippen molar-refractivity contribution < 1.29 is 9.50 Å². The standard InChI is InChI=1S/C14H14ClFOS/c1-9-5-6-18-13(9)14(2,17)8-10-3-4-12(16)11(15)7-10/h3-7,17H,8H2,1-2H3. The van der Waals surface area contributed by atoms with Crippen LogP contribution in [-0.2, 0) is 12.0 Å². The number of benzene rings is 1. The van der Waals surface area contributed by atoms with E-state index in [-0.39, 0.29) is 5.02 Å². The molecule has 1 N–H and O–H groups in total. The topological polar surface area (TPSA) is 20.2 Å². The fourth-order valence-electron chi connectivity index (χ4n) is 2.05. The van der Waals surface area contributed by atoms with Gasteiger partial charge in [0, 0.05) is 11.3 Å². The van der Waals surface area contributed by atoms with E-state index in [1.54, 1.807) is 19.1 Å². The van der Waals surface area contributed by atoms with E-state index in [9.17, 15) is 9.50 Å². The van der Waals surface area contributed by atoms with Gasteiger partial charge in [-0.2, -0.15) is 0 Å². The summed E-state index contributed by atoms with van der Waals surface area (Å²) in [5, 5.41) is 12.6. The van der Waals surface area contributed by atoms with Crippen LogP contribution in [0, 0.1) is 12.7 Å². The van der Waals surface area contributed by atoms with Crippen molar-refractivity contribution in [3.05, 3.63) is 56.5 Å². The number of hydrogen-bond acceptors (Lipinski definition) is 2. The Balaban J connectivity index is 2.27. The lowest BCUT2D eigenvalue weighted by atomic mass is 9.93. The van der Waals surface area contributed by atoms with Gasteiger partial charge in [0.05, 0.1) is 5.02 Å². The molecule has 1 aromatic heterocycles. The maximum Gasteiger partial charge on any atom is 0.141 e. The van der Waals surface area contributed by atoms with Gasteiger partial charge in [0.1, 0.15) is 11.4 Å². The lowest BCUT2D eigenvalue weighted by Gasteiger charge is -2.23. The van der Waals surface area contributed by atoms with Gasteiger partial charge in [-0.15, -0.1) is 11.3 Å². The number of aryl methyl sites for hydroxylation is 1. The summed E-state index contributed by atoms with van der Waals surface area (Å²) in [5.74, 6) is -0.438. The quantitative estimate of drug-likeness (QED) is 0.891. The molecule has 0 saturated carbocycles. The second-order valence-electron chi connectivity index (χ2n) is 4.63. The molecule has 1 nitrogen and oxygen atoms in total. The number of halogens is 2. The third-order valence-electron chi connectivity index (χ3n) is 2.88. The maximum atomic E-state index is 13.1. The molecule has 0 bridgehead atoms. The van der Waals surface area contributed by atoms with Crippen LogP contribution in [-0.4, -0.2) is 5.11 Å². The van der Waals surface area contributed by atoms with E-state index in [4.69, 9.17) is 11.6 Å². The molecule has 0 spiro atoms. The molecule has 1 atom stereocenters. The summed E-state index contributed by atoms with van der Waals surface area (Å²) in [6.45, 7) is 3.74. The molecule has 1 aromatic carbocycles. The Morgan fingerprint density at radius 2 is 2.11 bits per heavy atom. The highest BCUT2D eigenvalue weighted by molar-refractivity contribution is 7.10. The van der Waals surface area contributed by atoms with Crippen LogP contribution in [0.25, 0.3) is 0 Å². The van der Waals surface area contributed by atoms with Crippen molar-refractivity contribution in [3.63, 3.8) is 0 Å². The normalized spacial score (nSPS) is 14.5. The van der Waals surface area contributed by atoms with Crippen molar-refractivity contribution in [3.8, 4) is 0 Å². The molecule has 2 rings (SSSR count). The van der Waals surface area contributed by atoms with E-state index in [1.807, 2.05) is 18.4 Å². The van der Waals surface area contributed by atoms with Crippen LogP contribution in [0.2, 0.25) is 5.02 Å². The average molecular weight is 285 g/mol. The number of rotatable bonds is 3. The van der Waals surface area contributed by atoms with E-state index in [2.05, 4.69) is 0 Å². The van der Waals surface area contributed by atoms with Crippen LogP contribution in [0.15, 0.2) is 29.6 Å². The van der Waals surface area contributed by atoms with Gasteiger partial charge in [0.15, 0.2) is 0 Å². The SMILES string of the molecule is Cc1ccsc1C(C)(O)Cc1ccc(F)c(Cl)c1. The summed E-state index contributed by atoms with van der Waals surface area (Å²) in [5.41, 5.74) is 0.928. The van der Waals surface area contributed by atoms with Crippen LogP contribution in [0.4, 0.5) is 4.39 Å². The summed E-state index contributed by atoms with van der Waals surface area (Å²) >= 11 is 7.27. The zero-order valence-corrected chi connectivity index (χ0v) is 11.8. The maximum absolute atomic E-state index is 13.1. The molecule has 0 fully saturated rings. The summed E-state index contributed by atoms with van der Waals surface area (Å²) in [6, 6.07) is 6.52. The molecule has 4 heteroatoms. The first-order valence-electron chi connectivity index (χ1n) is 5.61. The fraction of sp³-hybridized carbons (Fsp3) is 0.286. The molecule has 0 radical (unpaired) electrons. The first-order valence-corrected chi connectivity index (χ1v) is 6.87. The van der Waals surface area contributed by atoms with E-state index >= 15 is 0 Å². The van der Waals surface area contributed by atoms with Crippen molar-refractivity contribution >= 4 is 22.9 Å². The van der Waals surface area contributed by atoms with Crippen LogP contribution < -0.4 is 0 Å². The smallest absolute Gasteiger partial charge is 0.141 e. The molecule has 0 aliphatic carbocycles. The van der Waals surface area contributed by atoms with Crippen LogP contribution >= 0.6 is 22.9 Å². The fourth-order valence-corrected chi connectivity index (χ4v) is 3.24. The lowest BCUT2D eigenvalue weighted by molar-refractivity contribution is 0.0609.